The van der Waals surface area contributed by atoms with Crippen molar-refractivity contribution in [2.24, 2.45) is 0 Å². The van der Waals surface area contributed by atoms with Crippen LogP contribution >= 0.6 is 0 Å². The Bertz CT molecular complexity index is 777. The Morgan fingerprint density at radius 1 is 1.33 bits per heavy atom. The Morgan fingerprint density at radius 3 is 2.62 bits per heavy atom. The van der Waals surface area contributed by atoms with Crippen molar-refractivity contribution in [3.63, 3.8) is 0 Å². The van der Waals surface area contributed by atoms with Gasteiger partial charge in [-0.2, -0.15) is 0 Å². The smallest absolute Gasteiger partial charge is 0.310 e. The van der Waals surface area contributed by atoms with Gasteiger partial charge >= 0.3 is 5.97 Å². The maximum absolute atomic E-state index is 12.3. The molecule has 0 saturated heterocycles. The first-order valence-corrected chi connectivity index (χ1v) is 6.59. The van der Waals surface area contributed by atoms with Gasteiger partial charge in [0.1, 0.15) is 0 Å². The minimum absolute atomic E-state index is 0.0427. The molecule has 0 saturated carbocycles. The zero-order valence-electron chi connectivity index (χ0n) is 12.2. The highest BCUT2D eigenvalue weighted by Crippen LogP contribution is 2.14. The molecule has 6 heteroatoms. The second kappa shape index (κ2) is 5.87. The largest absolute Gasteiger partial charge is 0.469 e. The second-order valence-corrected chi connectivity index (χ2v) is 4.68. The molecule has 2 aromatic heterocycles. The number of fused-ring (bicyclic) bond motifs is 1. The minimum atomic E-state index is -0.405. The van der Waals surface area contributed by atoms with Crippen molar-refractivity contribution in [3.05, 3.63) is 39.8 Å². The van der Waals surface area contributed by atoms with Gasteiger partial charge < -0.3 is 4.74 Å². The maximum atomic E-state index is 12.3. The number of methoxy groups -OCH3 is 1. The molecule has 0 spiro atoms. The third-order valence-electron chi connectivity index (χ3n) is 3.26. The topological polar surface area (TPSA) is 78.3 Å². The average Bonchev–Trinajstić information content (AvgIpc) is 2.45. The van der Waals surface area contributed by atoms with Crippen LogP contribution in [0.2, 0.25) is 0 Å². The molecular formula is C15H16N2O4. The number of hydrogen-bond donors (Lipinski definition) is 0. The lowest BCUT2D eigenvalue weighted by Crippen LogP contribution is -2.28. The van der Waals surface area contributed by atoms with Crippen LogP contribution in [0.1, 0.15) is 29.8 Å². The van der Waals surface area contributed by atoms with E-state index in [0.717, 1.165) is 4.57 Å². The summed E-state index contributed by atoms with van der Waals surface area (Å²) in [7, 11) is 1.30. The predicted molar refractivity (Wildman–Crippen MR) is 77.4 cm³/mol. The van der Waals surface area contributed by atoms with Crippen LogP contribution in [0.25, 0.3) is 11.0 Å². The van der Waals surface area contributed by atoms with Crippen molar-refractivity contribution in [1.82, 2.24) is 9.55 Å². The Balaban J connectivity index is 2.70. The summed E-state index contributed by atoms with van der Waals surface area (Å²) in [6.07, 6.45) is 2.11. The third-order valence-corrected chi connectivity index (χ3v) is 3.26. The lowest BCUT2D eigenvalue weighted by molar-refractivity contribution is -0.139. The molecule has 0 aliphatic carbocycles. The molecule has 0 aliphatic heterocycles. The quantitative estimate of drug-likeness (QED) is 0.796. The van der Waals surface area contributed by atoms with Crippen LogP contribution in [-0.2, 0) is 22.4 Å². The van der Waals surface area contributed by atoms with E-state index >= 15 is 0 Å². The highest BCUT2D eigenvalue weighted by Gasteiger charge is 2.13. The van der Waals surface area contributed by atoms with Gasteiger partial charge in [-0.15, -0.1) is 0 Å². The van der Waals surface area contributed by atoms with Gasteiger partial charge in [0.15, 0.2) is 0 Å². The van der Waals surface area contributed by atoms with Crippen LogP contribution in [-0.4, -0.2) is 28.5 Å². The van der Waals surface area contributed by atoms with Crippen molar-refractivity contribution in [2.45, 2.75) is 26.7 Å². The summed E-state index contributed by atoms with van der Waals surface area (Å²) in [6.45, 7) is 3.17. The number of aromatic nitrogens is 2. The summed E-state index contributed by atoms with van der Waals surface area (Å²) in [6, 6.07) is 3.31. The molecule has 0 N–H and O–H groups in total. The molecule has 0 aliphatic rings. The second-order valence-electron chi connectivity index (χ2n) is 4.68. The molecule has 110 valence electrons. The molecule has 2 aromatic rings. The molecule has 0 radical (unpaired) electrons. The van der Waals surface area contributed by atoms with E-state index in [1.54, 1.807) is 18.3 Å². The standard InChI is InChI=1S/C15H16N2O4/c1-4-11-7-12-13(17(9(2)18)15(11)20)5-10(8-16-12)6-14(19)21-3/h5,7-8H,4,6H2,1-3H3. The SMILES string of the molecule is CCc1cc2ncc(CC(=O)OC)cc2n(C(C)=O)c1=O. The van der Waals surface area contributed by atoms with E-state index in [4.69, 9.17) is 0 Å². The lowest BCUT2D eigenvalue weighted by atomic mass is 10.1. The Kier molecular flexibility index (Phi) is 4.16. The molecular weight excluding hydrogens is 272 g/mol. The van der Waals surface area contributed by atoms with E-state index in [9.17, 15) is 14.4 Å². The van der Waals surface area contributed by atoms with E-state index in [-0.39, 0.29) is 17.9 Å². The van der Waals surface area contributed by atoms with Gasteiger partial charge in [-0.25, -0.2) is 4.57 Å². The highest BCUT2D eigenvalue weighted by atomic mass is 16.5. The number of nitrogens with zero attached hydrogens (tertiary/aromatic N) is 2. The monoisotopic (exact) mass is 288 g/mol. The summed E-state index contributed by atoms with van der Waals surface area (Å²) in [4.78, 5) is 39.6. The molecule has 0 atom stereocenters. The molecule has 0 amide bonds. The lowest BCUT2D eigenvalue weighted by Gasteiger charge is -2.10. The Hall–Kier alpha value is -2.50. The molecule has 2 heterocycles. The molecule has 0 bridgehead atoms. The van der Waals surface area contributed by atoms with E-state index in [1.807, 2.05) is 6.92 Å². The van der Waals surface area contributed by atoms with E-state index in [1.165, 1.54) is 14.0 Å². The molecule has 6 nitrogen and oxygen atoms in total. The Labute approximate surface area is 121 Å². The van der Waals surface area contributed by atoms with Gasteiger partial charge in [0, 0.05) is 18.7 Å². The highest BCUT2D eigenvalue weighted by molar-refractivity contribution is 5.89. The fourth-order valence-corrected chi connectivity index (χ4v) is 2.18. The number of ether oxygens (including phenoxy) is 1. The van der Waals surface area contributed by atoms with Crippen LogP contribution in [0.4, 0.5) is 0 Å². The van der Waals surface area contributed by atoms with Crippen molar-refractivity contribution in [1.29, 1.82) is 0 Å². The van der Waals surface area contributed by atoms with E-state index in [2.05, 4.69) is 9.72 Å². The van der Waals surface area contributed by atoms with Gasteiger partial charge in [0.05, 0.1) is 24.6 Å². The summed E-state index contributed by atoms with van der Waals surface area (Å²) >= 11 is 0. The van der Waals surface area contributed by atoms with E-state index < -0.39 is 5.97 Å². The van der Waals surface area contributed by atoms with Gasteiger partial charge in [-0.1, -0.05) is 6.92 Å². The van der Waals surface area contributed by atoms with E-state index in [0.29, 0.717) is 28.6 Å². The summed E-state index contributed by atoms with van der Waals surface area (Å²) in [5.74, 6) is -0.782. The normalized spacial score (nSPS) is 10.6. The zero-order chi connectivity index (χ0) is 15.6. The summed E-state index contributed by atoms with van der Waals surface area (Å²) in [5, 5.41) is 0. The van der Waals surface area contributed by atoms with Crippen LogP contribution in [0.3, 0.4) is 0 Å². The van der Waals surface area contributed by atoms with Crippen LogP contribution < -0.4 is 5.56 Å². The fourth-order valence-electron chi connectivity index (χ4n) is 2.18. The maximum Gasteiger partial charge on any atom is 0.310 e. The Morgan fingerprint density at radius 2 is 2.05 bits per heavy atom. The predicted octanol–water partition coefficient (Wildman–Crippen LogP) is 1.33. The number of aryl methyl sites for hydroxylation is 1. The van der Waals surface area contributed by atoms with Gasteiger partial charge in [-0.3, -0.25) is 19.4 Å². The first-order valence-electron chi connectivity index (χ1n) is 6.59. The van der Waals surface area contributed by atoms with Gasteiger partial charge in [-0.05, 0) is 24.1 Å². The molecule has 0 fully saturated rings. The van der Waals surface area contributed by atoms with Crippen molar-refractivity contribution < 1.29 is 14.3 Å². The number of esters is 1. The summed E-state index contributed by atoms with van der Waals surface area (Å²) < 4.78 is 5.70. The van der Waals surface area contributed by atoms with Gasteiger partial charge in [0.25, 0.3) is 5.56 Å². The van der Waals surface area contributed by atoms with Crippen LogP contribution in [0.15, 0.2) is 23.1 Å². The number of rotatable bonds is 3. The number of pyridine rings is 2. The zero-order valence-corrected chi connectivity index (χ0v) is 12.2. The molecule has 0 unspecified atom stereocenters. The van der Waals surface area contributed by atoms with Crippen LogP contribution in [0.5, 0.6) is 0 Å². The first-order chi connectivity index (χ1) is 9.97. The summed E-state index contributed by atoms with van der Waals surface area (Å²) in [5.41, 5.74) is 1.75. The average molecular weight is 288 g/mol. The van der Waals surface area contributed by atoms with Crippen molar-refractivity contribution in [2.75, 3.05) is 7.11 Å². The molecule has 0 aromatic carbocycles. The van der Waals surface area contributed by atoms with Gasteiger partial charge in [0.2, 0.25) is 5.91 Å². The number of carbonyl (C=O) groups excluding carboxylic acids is 2. The van der Waals surface area contributed by atoms with Crippen molar-refractivity contribution >= 4 is 22.9 Å². The molecule has 21 heavy (non-hydrogen) atoms. The minimum Gasteiger partial charge on any atom is -0.469 e. The molecule has 2 rings (SSSR count). The third kappa shape index (κ3) is 2.84. The van der Waals surface area contributed by atoms with Crippen molar-refractivity contribution in [3.8, 4) is 0 Å². The number of hydrogen-bond acceptors (Lipinski definition) is 5. The first kappa shape index (κ1) is 14.9. The fraction of sp³-hybridized carbons (Fsp3) is 0.333. The van der Waals surface area contributed by atoms with Crippen LogP contribution in [0, 0.1) is 0 Å². The number of carbonyl (C=O) groups is 2.